The molecule has 1 fully saturated rings. The Morgan fingerprint density at radius 3 is 2.46 bits per heavy atom. The first-order chi connectivity index (χ1) is 13.1. The van der Waals surface area contributed by atoms with E-state index in [4.69, 9.17) is 21.1 Å². The molecule has 1 heterocycles. The number of amides is 2. The van der Waals surface area contributed by atoms with Gasteiger partial charge in [0.2, 0.25) is 5.91 Å². The van der Waals surface area contributed by atoms with Gasteiger partial charge in [0.05, 0.1) is 6.04 Å². The third-order valence-corrected chi connectivity index (χ3v) is 8.19. The minimum atomic E-state index is -0.999. The van der Waals surface area contributed by atoms with Crippen LogP contribution in [0.2, 0.25) is 5.04 Å². The zero-order valence-electron chi connectivity index (χ0n) is 16.6. The minimum Gasteiger partial charge on any atom is -0.451 e. The summed E-state index contributed by atoms with van der Waals surface area (Å²) in [4.78, 5) is 35.8. The molecule has 2 rings (SSSR count). The van der Waals surface area contributed by atoms with E-state index in [1.165, 1.54) is 0 Å². The number of hydrogen-bond acceptors (Lipinski definition) is 5. The average molecular weight is 427 g/mol. The van der Waals surface area contributed by atoms with Crippen LogP contribution in [0.4, 0.5) is 9.59 Å². The van der Waals surface area contributed by atoms with Crippen molar-refractivity contribution in [3.05, 3.63) is 35.9 Å². The van der Waals surface area contributed by atoms with Gasteiger partial charge >= 0.3 is 11.5 Å². The molecule has 0 bridgehead atoms. The molecule has 0 saturated carbocycles. The molecule has 1 aromatic carbocycles. The quantitative estimate of drug-likeness (QED) is 0.392. The SMILES string of the molecule is CC(C)C(C)(C)[SiH2]N1C(=O)C(NC(=O)OCc2ccccc2)C1COC(=O)Cl. The maximum absolute atomic E-state index is 12.6. The highest BCUT2D eigenvalue weighted by Gasteiger charge is 2.50. The van der Waals surface area contributed by atoms with Crippen molar-refractivity contribution < 1.29 is 23.9 Å². The van der Waals surface area contributed by atoms with E-state index < -0.39 is 33.3 Å². The molecule has 0 radical (unpaired) electrons. The van der Waals surface area contributed by atoms with Crippen molar-refractivity contribution in [1.29, 1.82) is 0 Å². The van der Waals surface area contributed by atoms with Gasteiger partial charge in [0.15, 0.2) is 0 Å². The predicted molar refractivity (Wildman–Crippen MR) is 109 cm³/mol. The van der Waals surface area contributed by atoms with Crippen LogP contribution in [-0.4, -0.2) is 50.4 Å². The molecule has 1 aromatic rings. The molecule has 154 valence electrons. The van der Waals surface area contributed by atoms with Gasteiger partial charge in [-0.15, -0.1) is 0 Å². The summed E-state index contributed by atoms with van der Waals surface area (Å²) < 4.78 is 11.8. The van der Waals surface area contributed by atoms with Gasteiger partial charge < -0.3 is 19.4 Å². The molecule has 9 heteroatoms. The Balaban J connectivity index is 1.97. The molecular weight excluding hydrogens is 400 g/mol. The summed E-state index contributed by atoms with van der Waals surface area (Å²) in [5.41, 5.74) is -0.0904. The van der Waals surface area contributed by atoms with Gasteiger partial charge in [0.25, 0.3) is 0 Å². The summed E-state index contributed by atoms with van der Waals surface area (Å²) in [6, 6.07) is 8.04. The molecule has 0 aromatic heterocycles. The zero-order valence-corrected chi connectivity index (χ0v) is 18.8. The molecule has 1 aliphatic heterocycles. The van der Waals surface area contributed by atoms with E-state index in [-0.39, 0.29) is 24.2 Å². The van der Waals surface area contributed by atoms with Crippen LogP contribution in [0.15, 0.2) is 30.3 Å². The highest BCUT2D eigenvalue weighted by molar-refractivity contribution is 6.61. The second-order valence-corrected chi connectivity index (χ2v) is 11.0. The first-order valence-electron chi connectivity index (χ1n) is 9.22. The van der Waals surface area contributed by atoms with Crippen molar-refractivity contribution in [3.8, 4) is 0 Å². The van der Waals surface area contributed by atoms with Crippen LogP contribution >= 0.6 is 11.6 Å². The molecule has 1 aliphatic rings. The Morgan fingerprint density at radius 2 is 1.89 bits per heavy atom. The summed E-state index contributed by atoms with van der Waals surface area (Å²) in [6.07, 6.45) is -0.686. The number of carbonyl (C=O) groups excluding carboxylic acids is 3. The number of hydrogen-bond donors (Lipinski definition) is 1. The molecule has 0 spiro atoms. The van der Waals surface area contributed by atoms with Crippen molar-refractivity contribution in [2.75, 3.05) is 6.61 Å². The molecule has 0 aliphatic carbocycles. The van der Waals surface area contributed by atoms with E-state index in [2.05, 4.69) is 33.0 Å². The first-order valence-corrected chi connectivity index (χ1v) is 10.9. The highest BCUT2D eigenvalue weighted by Crippen LogP contribution is 2.36. The van der Waals surface area contributed by atoms with Crippen molar-refractivity contribution in [3.63, 3.8) is 0 Å². The number of carbonyl (C=O) groups is 3. The lowest BCUT2D eigenvalue weighted by Crippen LogP contribution is -2.74. The average Bonchev–Trinajstić information content (AvgIpc) is 2.64. The lowest BCUT2D eigenvalue weighted by Gasteiger charge is -2.50. The Kier molecular flexibility index (Phi) is 7.48. The molecule has 1 saturated heterocycles. The predicted octanol–water partition coefficient (Wildman–Crippen LogP) is 2.81. The standard InChI is InChI=1S/C19H27ClN2O5Si/c1-12(2)19(3,4)28-22-14(11-26-17(20)24)15(16(22)23)21-18(25)27-10-13-8-6-5-7-9-13/h5-9,12,14-15H,10-11,28H2,1-4H3,(H,21,25). The Bertz CT molecular complexity index is 714. The van der Waals surface area contributed by atoms with Crippen LogP contribution in [0.25, 0.3) is 0 Å². The molecule has 28 heavy (non-hydrogen) atoms. The second kappa shape index (κ2) is 9.42. The van der Waals surface area contributed by atoms with E-state index in [0.29, 0.717) is 5.92 Å². The van der Waals surface area contributed by atoms with Crippen molar-refractivity contribution in [2.24, 2.45) is 5.92 Å². The largest absolute Gasteiger partial charge is 0.451 e. The van der Waals surface area contributed by atoms with E-state index >= 15 is 0 Å². The van der Waals surface area contributed by atoms with Gasteiger partial charge in [-0.1, -0.05) is 58.0 Å². The number of ether oxygens (including phenoxy) is 2. The van der Waals surface area contributed by atoms with Gasteiger partial charge in [0, 0.05) is 11.6 Å². The Morgan fingerprint density at radius 1 is 1.25 bits per heavy atom. The van der Waals surface area contributed by atoms with E-state index in [0.717, 1.165) is 5.56 Å². The van der Waals surface area contributed by atoms with Gasteiger partial charge in [-0.05, 0) is 16.5 Å². The van der Waals surface area contributed by atoms with E-state index in [1.54, 1.807) is 4.57 Å². The summed E-state index contributed by atoms with van der Waals surface area (Å²) in [5, 5.41) is 2.59. The molecular formula is C19H27ClN2O5Si. The maximum atomic E-state index is 12.6. The third kappa shape index (κ3) is 5.72. The number of alkyl carbamates (subject to hydrolysis) is 1. The maximum Gasteiger partial charge on any atom is 0.408 e. The van der Waals surface area contributed by atoms with Crippen molar-refractivity contribution >= 4 is 38.7 Å². The summed E-state index contributed by atoms with van der Waals surface area (Å²) in [6.45, 7) is 8.52. The number of β-lactam (4-membered cyclic amide) rings is 1. The zero-order chi connectivity index (χ0) is 20.9. The fraction of sp³-hybridized carbons (Fsp3) is 0.526. The van der Waals surface area contributed by atoms with Crippen molar-refractivity contribution in [2.45, 2.75) is 51.4 Å². The van der Waals surface area contributed by atoms with Crippen LogP contribution < -0.4 is 5.32 Å². The van der Waals surface area contributed by atoms with Crippen LogP contribution in [-0.2, 0) is 20.9 Å². The first kappa shape index (κ1) is 22.2. The number of nitrogens with one attached hydrogen (secondary N) is 1. The van der Waals surface area contributed by atoms with Crippen LogP contribution in [0.1, 0.15) is 33.3 Å². The summed E-state index contributed by atoms with van der Waals surface area (Å²) in [7, 11) is -0.999. The van der Waals surface area contributed by atoms with E-state index in [9.17, 15) is 14.4 Å². The normalized spacial score (nSPS) is 19.6. The summed E-state index contributed by atoms with van der Waals surface area (Å²) in [5.74, 6) is 0.221. The second-order valence-electron chi connectivity index (χ2n) is 7.91. The number of halogens is 1. The third-order valence-electron chi connectivity index (χ3n) is 5.33. The van der Waals surface area contributed by atoms with Crippen LogP contribution in [0.3, 0.4) is 0 Å². The highest BCUT2D eigenvalue weighted by atomic mass is 35.5. The fourth-order valence-corrected chi connectivity index (χ4v) is 5.02. The molecule has 2 amide bonds. The number of benzene rings is 1. The number of nitrogens with zero attached hydrogens (tertiary/aromatic N) is 1. The molecule has 2 unspecified atom stereocenters. The monoisotopic (exact) mass is 426 g/mol. The van der Waals surface area contributed by atoms with Gasteiger partial charge in [0.1, 0.15) is 28.9 Å². The molecule has 7 nitrogen and oxygen atoms in total. The molecule has 1 N–H and O–H groups in total. The smallest absolute Gasteiger partial charge is 0.408 e. The van der Waals surface area contributed by atoms with Gasteiger partial charge in [-0.3, -0.25) is 4.79 Å². The fourth-order valence-electron chi connectivity index (χ4n) is 2.81. The van der Waals surface area contributed by atoms with Crippen molar-refractivity contribution in [1.82, 2.24) is 9.88 Å². The Hall–Kier alpha value is -2.06. The van der Waals surface area contributed by atoms with Gasteiger partial charge in [-0.2, -0.15) is 0 Å². The topological polar surface area (TPSA) is 84.9 Å². The van der Waals surface area contributed by atoms with Gasteiger partial charge in [-0.25, -0.2) is 9.59 Å². The molecule has 2 atom stereocenters. The van der Waals surface area contributed by atoms with Crippen LogP contribution in [0.5, 0.6) is 0 Å². The minimum absolute atomic E-state index is 0.00231. The summed E-state index contributed by atoms with van der Waals surface area (Å²) >= 11 is 5.28. The Labute approximate surface area is 172 Å². The lowest BCUT2D eigenvalue weighted by atomic mass is 9.99. The van der Waals surface area contributed by atoms with E-state index in [1.807, 2.05) is 30.3 Å². The lowest BCUT2D eigenvalue weighted by molar-refractivity contribution is -0.144. The van der Waals surface area contributed by atoms with Crippen LogP contribution in [0, 0.1) is 5.92 Å². The number of rotatable bonds is 8.